The van der Waals surface area contributed by atoms with Gasteiger partial charge < -0.3 is 4.52 Å². The van der Waals surface area contributed by atoms with Crippen LogP contribution in [0.2, 0.25) is 0 Å². The smallest absolute Gasteiger partial charge is 0.0723 e. The van der Waals surface area contributed by atoms with Crippen molar-refractivity contribution in [2.45, 2.75) is 97.0 Å². The predicted octanol–water partition coefficient (Wildman–Crippen LogP) is 6.13. The number of hydrogen-bond acceptors (Lipinski definition) is 1. The van der Waals surface area contributed by atoms with Crippen LogP contribution in [-0.2, 0) is 4.52 Å². The third-order valence-corrected chi connectivity index (χ3v) is 7.26. The molecule has 118 valence electrons. The molecule has 0 aromatic heterocycles. The highest BCUT2D eigenvalue weighted by atomic mass is 31.0. The molecule has 2 aliphatic carbocycles. The monoisotopic (exact) mass is 298 g/mol. The Hall–Kier alpha value is 0.390. The molecular weight excluding hydrogens is 263 g/mol. The standard InChI is InChI=1S/C18H35OP/c1-4-18(17(2,3)19-20,15-11-7-5-8-12-15)16-13-9-6-10-14-16/h15-16H,4-14,20H2,1-3H3. The minimum absolute atomic E-state index is 0.0174. The van der Waals surface area contributed by atoms with Crippen molar-refractivity contribution in [3.05, 3.63) is 0 Å². The number of rotatable bonds is 5. The van der Waals surface area contributed by atoms with Crippen LogP contribution in [0, 0.1) is 17.3 Å². The zero-order valence-electron chi connectivity index (χ0n) is 13.9. The molecule has 2 saturated carbocycles. The molecule has 0 aromatic carbocycles. The van der Waals surface area contributed by atoms with Gasteiger partial charge in [-0.1, -0.05) is 45.4 Å². The fourth-order valence-electron chi connectivity index (χ4n) is 5.66. The van der Waals surface area contributed by atoms with Crippen LogP contribution in [0.25, 0.3) is 0 Å². The van der Waals surface area contributed by atoms with Crippen LogP contribution in [-0.4, -0.2) is 5.60 Å². The van der Waals surface area contributed by atoms with E-state index in [2.05, 4.69) is 30.2 Å². The highest BCUT2D eigenvalue weighted by Gasteiger charge is 2.54. The van der Waals surface area contributed by atoms with Crippen molar-refractivity contribution in [3.63, 3.8) is 0 Å². The molecule has 0 N–H and O–H groups in total. The molecule has 2 aliphatic rings. The van der Waals surface area contributed by atoms with Gasteiger partial charge in [-0.3, -0.25) is 0 Å². The van der Waals surface area contributed by atoms with Crippen LogP contribution in [0.3, 0.4) is 0 Å². The molecule has 2 rings (SSSR count). The van der Waals surface area contributed by atoms with E-state index in [9.17, 15) is 0 Å². The second-order valence-corrected chi connectivity index (χ2v) is 7.93. The summed E-state index contributed by atoms with van der Waals surface area (Å²) in [5, 5.41) is 0. The lowest BCUT2D eigenvalue weighted by molar-refractivity contribution is -0.123. The van der Waals surface area contributed by atoms with Crippen molar-refractivity contribution in [1.82, 2.24) is 0 Å². The Labute approximate surface area is 128 Å². The Bertz CT molecular complexity index is 270. The maximum Gasteiger partial charge on any atom is 0.0723 e. The van der Waals surface area contributed by atoms with E-state index in [-0.39, 0.29) is 5.60 Å². The van der Waals surface area contributed by atoms with Gasteiger partial charge in [-0.2, -0.15) is 0 Å². The van der Waals surface area contributed by atoms with Crippen LogP contribution < -0.4 is 0 Å². The molecule has 1 nitrogen and oxygen atoms in total. The summed E-state index contributed by atoms with van der Waals surface area (Å²) >= 11 is 0. The summed E-state index contributed by atoms with van der Waals surface area (Å²) in [5.41, 5.74) is 0.367. The van der Waals surface area contributed by atoms with Crippen LogP contribution in [0.15, 0.2) is 0 Å². The summed E-state index contributed by atoms with van der Waals surface area (Å²) in [6.45, 7) is 7.13. The van der Waals surface area contributed by atoms with Crippen LogP contribution >= 0.6 is 9.47 Å². The first-order chi connectivity index (χ1) is 9.58. The molecule has 0 heterocycles. The lowest BCUT2D eigenvalue weighted by Gasteiger charge is -2.57. The molecule has 1 atom stereocenters. The van der Waals surface area contributed by atoms with E-state index in [0.29, 0.717) is 5.41 Å². The molecule has 1 unspecified atom stereocenters. The fourth-order valence-corrected chi connectivity index (χ4v) is 5.88. The van der Waals surface area contributed by atoms with Gasteiger partial charge in [-0.25, -0.2) is 0 Å². The molecule has 0 aliphatic heterocycles. The molecule has 0 bridgehead atoms. The lowest BCUT2D eigenvalue weighted by Crippen LogP contribution is -2.54. The maximum absolute atomic E-state index is 6.02. The van der Waals surface area contributed by atoms with Gasteiger partial charge in [0.1, 0.15) is 0 Å². The van der Waals surface area contributed by atoms with Crippen LogP contribution in [0.4, 0.5) is 0 Å². The molecule has 2 fully saturated rings. The molecule has 20 heavy (non-hydrogen) atoms. The van der Waals surface area contributed by atoms with E-state index in [0.717, 1.165) is 11.8 Å². The Morgan fingerprint density at radius 3 is 1.55 bits per heavy atom. The summed E-state index contributed by atoms with van der Waals surface area (Å²) in [7, 11) is 2.58. The second kappa shape index (κ2) is 7.10. The zero-order valence-corrected chi connectivity index (χ0v) is 15.1. The van der Waals surface area contributed by atoms with Gasteiger partial charge >= 0.3 is 0 Å². The Balaban J connectivity index is 2.33. The lowest BCUT2D eigenvalue weighted by atomic mass is 9.51. The van der Waals surface area contributed by atoms with Gasteiger partial charge in [-0.15, -0.1) is 0 Å². The first kappa shape index (κ1) is 16.8. The van der Waals surface area contributed by atoms with Gasteiger partial charge in [0.2, 0.25) is 0 Å². The van der Waals surface area contributed by atoms with Gasteiger partial charge in [0.05, 0.1) is 5.60 Å². The molecular formula is C18H35OP. The maximum atomic E-state index is 6.02. The molecule has 0 spiro atoms. The van der Waals surface area contributed by atoms with Crippen LogP contribution in [0.5, 0.6) is 0 Å². The van der Waals surface area contributed by atoms with Crippen molar-refractivity contribution in [1.29, 1.82) is 0 Å². The van der Waals surface area contributed by atoms with E-state index in [1.165, 1.54) is 70.6 Å². The summed E-state index contributed by atoms with van der Waals surface area (Å²) < 4.78 is 6.02. The molecule has 0 radical (unpaired) electrons. The van der Waals surface area contributed by atoms with Crippen molar-refractivity contribution >= 4 is 9.47 Å². The van der Waals surface area contributed by atoms with Crippen LogP contribution in [0.1, 0.15) is 91.4 Å². The van der Waals surface area contributed by atoms with E-state index >= 15 is 0 Å². The van der Waals surface area contributed by atoms with E-state index < -0.39 is 0 Å². The highest BCUT2D eigenvalue weighted by molar-refractivity contribution is 7.09. The average Bonchev–Trinajstić information content (AvgIpc) is 2.50. The highest BCUT2D eigenvalue weighted by Crippen LogP contribution is 2.58. The topological polar surface area (TPSA) is 9.23 Å². The van der Waals surface area contributed by atoms with Gasteiger partial charge in [-0.05, 0) is 57.8 Å². The van der Waals surface area contributed by atoms with Crippen molar-refractivity contribution < 1.29 is 4.52 Å². The molecule has 0 saturated heterocycles. The summed E-state index contributed by atoms with van der Waals surface area (Å²) in [6.07, 6.45) is 15.7. The minimum atomic E-state index is -0.0174. The first-order valence-electron chi connectivity index (χ1n) is 8.96. The summed E-state index contributed by atoms with van der Waals surface area (Å²) in [5.74, 6) is 1.75. The Kier molecular flexibility index (Phi) is 5.95. The fraction of sp³-hybridized carbons (Fsp3) is 1.00. The average molecular weight is 298 g/mol. The Morgan fingerprint density at radius 1 is 0.850 bits per heavy atom. The summed E-state index contributed by atoms with van der Waals surface area (Å²) in [4.78, 5) is 0. The SMILES string of the molecule is CCC(C1CCCCC1)(C1CCCCC1)C(C)(C)OP. The van der Waals surface area contributed by atoms with Crippen molar-refractivity contribution in [2.24, 2.45) is 17.3 Å². The van der Waals surface area contributed by atoms with E-state index in [1.54, 1.807) is 0 Å². The second-order valence-electron chi connectivity index (χ2n) is 7.69. The zero-order chi connectivity index (χ0) is 14.6. The molecule has 2 heteroatoms. The van der Waals surface area contributed by atoms with Gasteiger partial charge in [0.15, 0.2) is 0 Å². The van der Waals surface area contributed by atoms with Gasteiger partial charge in [0, 0.05) is 14.9 Å². The quantitative estimate of drug-likeness (QED) is 0.555. The third kappa shape index (κ3) is 2.95. The first-order valence-corrected chi connectivity index (χ1v) is 9.43. The van der Waals surface area contributed by atoms with Gasteiger partial charge in [0.25, 0.3) is 0 Å². The summed E-state index contributed by atoms with van der Waals surface area (Å²) in [6, 6.07) is 0. The van der Waals surface area contributed by atoms with E-state index in [1.807, 2.05) is 0 Å². The van der Waals surface area contributed by atoms with Crippen molar-refractivity contribution in [2.75, 3.05) is 0 Å². The van der Waals surface area contributed by atoms with Crippen molar-refractivity contribution in [3.8, 4) is 0 Å². The molecule has 0 aromatic rings. The largest absolute Gasteiger partial charge is 0.359 e. The number of hydrogen-bond donors (Lipinski definition) is 0. The third-order valence-electron chi connectivity index (χ3n) is 6.67. The predicted molar refractivity (Wildman–Crippen MR) is 90.7 cm³/mol. The minimum Gasteiger partial charge on any atom is -0.359 e. The normalized spacial score (nSPS) is 24.0. The Morgan fingerprint density at radius 2 is 1.25 bits per heavy atom. The molecule has 0 amide bonds. The van der Waals surface area contributed by atoms with E-state index in [4.69, 9.17) is 4.52 Å².